The van der Waals surface area contributed by atoms with Crippen molar-refractivity contribution in [2.45, 2.75) is 20.8 Å². The van der Waals surface area contributed by atoms with E-state index in [1.54, 1.807) is 13.8 Å². The van der Waals surface area contributed by atoms with E-state index in [0.717, 1.165) is 0 Å². The number of likely N-dealkylation sites (N-methyl/N-ethyl adjacent to an activating group) is 1. The lowest BCUT2D eigenvalue weighted by molar-refractivity contribution is -0.131. The second kappa shape index (κ2) is 5.59. The van der Waals surface area contributed by atoms with Crippen LogP contribution in [-0.4, -0.2) is 31.4 Å². The topological polar surface area (TPSA) is 84.2 Å². The zero-order chi connectivity index (χ0) is 11.2. The van der Waals surface area contributed by atoms with E-state index >= 15 is 0 Å². The minimum absolute atomic E-state index is 0.0100. The average Bonchev–Trinajstić information content (AvgIpc) is 2.14. The third-order valence-corrected chi connectivity index (χ3v) is 1.91. The molecule has 0 bridgehead atoms. The first-order chi connectivity index (χ1) is 6.44. The van der Waals surface area contributed by atoms with Gasteiger partial charge in [-0.3, -0.25) is 9.59 Å². The molecule has 0 radical (unpaired) electrons. The Balaban J connectivity index is 3.91. The van der Waals surface area contributed by atoms with Crippen LogP contribution in [0.5, 0.6) is 0 Å². The summed E-state index contributed by atoms with van der Waals surface area (Å²) < 4.78 is 0. The Morgan fingerprint density at radius 1 is 1.29 bits per heavy atom. The molecule has 0 rings (SSSR count). The largest absolute Gasteiger partial charge is 0.355 e. The fourth-order valence-corrected chi connectivity index (χ4v) is 0.752. The van der Waals surface area contributed by atoms with Gasteiger partial charge in [0.25, 0.3) is 0 Å². The summed E-state index contributed by atoms with van der Waals surface area (Å²) in [5.74, 6) is -0.389. The number of hydrogen-bond acceptors (Lipinski definition) is 3. The maximum absolute atomic E-state index is 11.4. The molecule has 0 atom stereocenters. The van der Waals surface area contributed by atoms with Crippen LogP contribution in [0.3, 0.4) is 0 Å². The zero-order valence-electron chi connectivity index (χ0n) is 9.02. The van der Waals surface area contributed by atoms with E-state index in [0.29, 0.717) is 6.54 Å². The first kappa shape index (κ1) is 12.9. The van der Waals surface area contributed by atoms with E-state index in [9.17, 15) is 9.59 Å². The Morgan fingerprint density at radius 2 is 1.86 bits per heavy atom. The highest BCUT2D eigenvalue weighted by Crippen LogP contribution is 2.11. The van der Waals surface area contributed by atoms with Gasteiger partial charge in [0.05, 0.1) is 12.0 Å². The van der Waals surface area contributed by atoms with Crippen molar-refractivity contribution in [2.75, 3.05) is 19.6 Å². The van der Waals surface area contributed by atoms with Gasteiger partial charge in [-0.15, -0.1) is 0 Å². The third-order valence-electron chi connectivity index (χ3n) is 1.91. The third kappa shape index (κ3) is 4.23. The summed E-state index contributed by atoms with van der Waals surface area (Å²) in [5.41, 5.74) is 4.79. The predicted molar refractivity (Wildman–Crippen MR) is 54.5 cm³/mol. The van der Waals surface area contributed by atoms with Crippen LogP contribution in [-0.2, 0) is 9.59 Å². The molecule has 0 aliphatic heterocycles. The summed E-state index contributed by atoms with van der Waals surface area (Å²) in [4.78, 5) is 22.4. The summed E-state index contributed by atoms with van der Waals surface area (Å²) in [5, 5.41) is 5.11. The predicted octanol–water partition coefficient (Wildman–Crippen LogP) is -0.776. The molecule has 0 saturated carbocycles. The molecule has 0 saturated heterocycles. The van der Waals surface area contributed by atoms with E-state index in [-0.39, 0.29) is 24.9 Å². The monoisotopic (exact) mass is 201 g/mol. The lowest BCUT2D eigenvalue weighted by Gasteiger charge is -2.20. The molecule has 5 nitrogen and oxygen atoms in total. The van der Waals surface area contributed by atoms with Gasteiger partial charge in [0, 0.05) is 13.1 Å². The van der Waals surface area contributed by atoms with Gasteiger partial charge in [-0.1, -0.05) is 0 Å². The standard InChI is InChI=1S/C9H19N3O2/c1-4-11-7(13)5-12-8(14)9(2,3)6-10/h4-6,10H2,1-3H3,(H,11,13)(H,12,14). The fourth-order valence-electron chi connectivity index (χ4n) is 0.752. The highest BCUT2D eigenvalue weighted by Gasteiger charge is 2.25. The van der Waals surface area contributed by atoms with Gasteiger partial charge < -0.3 is 16.4 Å². The molecule has 5 heteroatoms. The average molecular weight is 201 g/mol. The van der Waals surface area contributed by atoms with Crippen molar-refractivity contribution in [1.82, 2.24) is 10.6 Å². The second-order valence-electron chi connectivity index (χ2n) is 3.72. The molecule has 82 valence electrons. The van der Waals surface area contributed by atoms with E-state index in [1.807, 2.05) is 6.92 Å². The Labute approximate surface area is 84.4 Å². The van der Waals surface area contributed by atoms with Gasteiger partial charge in [-0.05, 0) is 20.8 Å². The smallest absolute Gasteiger partial charge is 0.239 e. The number of hydrogen-bond donors (Lipinski definition) is 3. The summed E-state index contributed by atoms with van der Waals surface area (Å²) in [6.45, 7) is 6.13. The first-order valence-corrected chi connectivity index (χ1v) is 4.69. The minimum Gasteiger partial charge on any atom is -0.355 e. The van der Waals surface area contributed by atoms with Gasteiger partial charge in [0.2, 0.25) is 11.8 Å². The highest BCUT2D eigenvalue weighted by molar-refractivity contribution is 5.87. The summed E-state index contributed by atoms with van der Waals surface area (Å²) in [6, 6.07) is 0. The lowest BCUT2D eigenvalue weighted by Crippen LogP contribution is -2.45. The van der Waals surface area contributed by atoms with Crippen molar-refractivity contribution in [1.29, 1.82) is 0 Å². The van der Waals surface area contributed by atoms with Crippen LogP contribution in [0.4, 0.5) is 0 Å². The van der Waals surface area contributed by atoms with Crippen LogP contribution in [0.25, 0.3) is 0 Å². The number of rotatable bonds is 5. The van der Waals surface area contributed by atoms with Gasteiger partial charge in [-0.25, -0.2) is 0 Å². The Kier molecular flexibility index (Phi) is 5.15. The molecule has 0 aliphatic carbocycles. The van der Waals surface area contributed by atoms with Crippen molar-refractivity contribution in [2.24, 2.45) is 11.1 Å². The van der Waals surface area contributed by atoms with Crippen LogP contribution in [0.2, 0.25) is 0 Å². The van der Waals surface area contributed by atoms with E-state index in [4.69, 9.17) is 5.73 Å². The summed E-state index contributed by atoms with van der Waals surface area (Å²) in [6.07, 6.45) is 0. The Hall–Kier alpha value is -1.10. The number of carbonyl (C=O) groups excluding carboxylic acids is 2. The van der Waals surface area contributed by atoms with Crippen molar-refractivity contribution in [3.8, 4) is 0 Å². The van der Waals surface area contributed by atoms with E-state index in [2.05, 4.69) is 10.6 Å². The van der Waals surface area contributed by atoms with Crippen molar-refractivity contribution in [3.05, 3.63) is 0 Å². The molecule has 0 aliphatic rings. The lowest BCUT2D eigenvalue weighted by atomic mass is 9.93. The first-order valence-electron chi connectivity index (χ1n) is 4.69. The molecule has 0 aromatic heterocycles. The molecular formula is C9H19N3O2. The summed E-state index contributed by atoms with van der Waals surface area (Å²) in [7, 11) is 0. The van der Waals surface area contributed by atoms with Gasteiger partial charge >= 0.3 is 0 Å². The SMILES string of the molecule is CCNC(=O)CNC(=O)C(C)(C)CN. The van der Waals surface area contributed by atoms with E-state index in [1.165, 1.54) is 0 Å². The Morgan fingerprint density at radius 3 is 2.29 bits per heavy atom. The molecule has 0 spiro atoms. The van der Waals surface area contributed by atoms with Crippen LogP contribution in [0.15, 0.2) is 0 Å². The van der Waals surface area contributed by atoms with Crippen LogP contribution in [0, 0.1) is 5.41 Å². The van der Waals surface area contributed by atoms with Crippen LogP contribution < -0.4 is 16.4 Å². The van der Waals surface area contributed by atoms with Crippen LogP contribution in [0.1, 0.15) is 20.8 Å². The van der Waals surface area contributed by atoms with Crippen molar-refractivity contribution < 1.29 is 9.59 Å². The molecular weight excluding hydrogens is 182 g/mol. The number of amides is 2. The molecule has 14 heavy (non-hydrogen) atoms. The minimum atomic E-state index is -0.619. The molecule has 2 amide bonds. The molecule has 0 unspecified atom stereocenters. The molecule has 0 aromatic rings. The van der Waals surface area contributed by atoms with Gasteiger partial charge in [0.1, 0.15) is 0 Å². The number of nitrogens with one attached hydrogen (secondary N) is 2. The second-order valence-corrected chi connectivity index (χ2v) is 3.72. The molecule has 0 fully saturated rings. The quantitative estimate of drug-likeness (QED) is 0.546. The van der Waals surface area contributed by atoms with Crippen molar-refractivity contribution >= 4 is 11.8 Å². The van der Waals surface area contributed by atoms with Gasteiger partial charge in [0.15, 0.2) is 0 Å². The van der Waals surface area contributed by atoms with Crippen LogP contribution >= 0.6 is 0 Å². The molecule has 0 aromatic carbocycles. The normalized spacial score (nSPS) is 10.9. The summed E-state index contributed by atoms with van der Waals surface area (Å²) >= 11 is 0. The van der Waals surface area contributed by atoms with Gasteiger partial charge in [-0.2, -0.15) is 0 Å². The Bertz CT molecular complexity index is 214. The number of carbonyl (C=O) groups is 2. The fraction of sp³-hybridized carbons (Fsp3) is 0.778. The maximum atomic E-state index is 11.4. The molecule has 0 heterocycles. The number of nitrogens with two attached hydrogens (primary N) is 1. The zero-order valence-corrected chi connectivity index (χ0v) is 9.02. The van der Waals surface area contributed by atoms with E-state index < -0.39 is 5.41 Å². The van der Waals surface area contributed by atoms with Crippen molar-refractivity contribution in [3.63, 3.8) is 0 Å². The maximum Gasteiger partial charge on any atom is 0.239 e. The highest BCUT2D eigenvalue weighted by atomic mass is 16.2. The molecule has 4 N–H and O–H groups in total.